The average Bonchev–Trinajstić information content (AvgIpc) is 2.75. The molecular formula is C26H26Cl2O3. The van der Waals surface area contributed by atoms with E-state index in [9.17, 15) is 9.90 Å². The van der Waals surface area contributed by atoms with E-state index >= 15 is 0 Å². The Balaban J connectivity index is 1.62. The fraction of sp³-hybridized carbons (Fsp3) is 0.269. The van der Waals surface area contributed by atoms with Crippen molar-refractivity contribution in [1.82, 2.24) is 0 Å². The molecule has 3 nitrogen and oxygen atoms in total. The smallest absolute Gasteiger partial charge is 0.170 e. The summed E-state index contributed by atoms with van der Waals surface area (Å²) in [5.74, 6) is 0.989. The molecule has 31 heavy (non-hydrogen) atoms. The molecular weight excluding hydrogens is 431 g/mol. The Morgan fingerprint density at radius 1 is 0.968 bits per heavy atom. The van der Waals surface area contributed by atoms with Gasteiger partial charge in [-0.1, -0.05) is 79.5 Å². The van der Waals surface area contributed by atoms with Gasteiger partial charge in [-0.25, -0.2) is 0 Å². The Morgan fingerprint density at radius 2 is 1.65 bits per heavy atom. The van der Waals surface area contributed by atoms with E-state index in [4.69, 9.17) is 27.9 Å². The summed E-state index contributed by atoms with van der Waals surface area (Å²) in [7, 11) is 0. The van der Waals surface area contributed by atoms with Crippen LogP contribution in [0.4, 0.5) is 0 Å². The maximum atomic E-state index is 12.2. The molecule has 0 aliphatic heterocycles. The second-order valence-corrected chi connectivity index (χ2v) is 8.72. The molecule has 0 radical (unpaired) electrons. The number of ketones is 1. The van der Waals surface area contributed by atoms with Crippen LogP contribution < -0.4 is 4.74 Å². The van der Waals surface area contributed by atoms with Crippen molar-refractivity contribution in [1.29, 1.82) is 0 Å². The number of hydrogen-bond acceptors (Lipinski definition) is 3. The van der Waals surface area contributed by atoms with Gasteiger partial charge in [0.25, 0.3) is 0 Å². The minimum absolute atomic E-state index is 0.0190. The van der Waals surface area contributed by atoms with Gasteiger partial charge >= 0.3 is 0 Å². The summed E-state index contributed by atoms with van der Waals surface area (Å²) in [5, 5.41) is 11.0. The van der Waals surface area contributed by atoms with Crippen LogP contribution in [0.5, 0.6) is 11.5 Å². The first-order chi connectivity index (χ1) is 14.8. The van der Waals surface area contributed by atoms with Gasteiger partial charge in [-0.15, -0.1) is 0 Å². The molecule has 0 amide bonds. The Kier molecular flexibility index (Phi) is 8.00. The zero-order valence-corrected chi connectivity index (χ0v) is 19.2. The van der Waals surface area contributed by atoms with E-state index in [2.05, 4.69) is 0 Å². The highest BCUT2D eigenvalue weighted by molar-refractivity contribution is 6.36. The van der Waals surface area contributed by atoms with Crippen molar-refractivity contribution in [3.63, 3.8) is 0 Å². The van der Waals surface area contributed by atoms with Gasteiger partial charge in [0.1, 0.15) is 18.1 Å². The van der Waals surface area contributed by atoms with Crippen LogP contribution in [0.3, 0.4) is 0 Å². The molecule has 0 saturated heterocycles. The van der Waals surface area contributed by atoms with Crippen LogP contribution in [-0.4, -0.2) is 17.5 Å². The monoisotopic (exact) mass is 456 g/mol. The van der Waals surface area contributed by atoms with Crippen LogP contribution in [0, 0.1) is 0 Å². The third-order valence-electron chi connectivity index (χ3n) is 5.14. The van der Waals surface area contributed by atoms with E-state index in [1.165, 1.54) is 0 Å². The lowest BCUT2D eigenvalue weighted by molar-refractivity contribution is -0.121. The molecule has 3 aromatic rings. The summed E-state index contributed by atoms with van der Waals surface area (Å²) < 4.78 is 5.64. The highest BCUT2D eigenvalue weighted by Gasteiger charge is 2.13. The summed E-state index contributed by atoms with van der Waals surface area (Å²) in [6, 6.07) is 18.8. The number of benzene rings is 3. The average molecular weight is 457 g/mol. The van der Waals surface area contributed by atoms with E-state index in [-0.39, 0.29) is 24.1 Å². The molecule has 0 aliphatic carbocycles. The number of carbonyl (C=O) groups excluding carboxylic acids is 1. The maximum absolute atomic E-state index is 12.2. The lowest BCUT2D eigenvalue weighted by atomic mass is 9.96. The molecule has 0 aliphatic rings. The zero-order valence-electron chi connectivity index (χ0n) is 17.7. The van der Waals surface area contributed by atoms with Crippen molar-refractivity contribution >= 4 is 29.0 Å². The number of hydrogen-bond donors (Lipinski definition) is 1. The molecule has 0 aromatic heterocycles. The second kappa shape index (κ2) is 10.7. The maximum Gasteiger partial charge on any atom is 0.170 e. The number of Topliss-reactive ketones (excluding diaryl/α,β-unsaturated/α-hetero) is 1. The lowest BCUT2D eigenvalue weighted by Crippen LogP contribution is -2.12. The van der Waals surface area contributed by atoms with E-state index in [1.54, 1.807) is 18.2 Å². The highest BCUT2D eigenvalue weighted by Crippen LogP contribution is 2.34. The van der Waals surface area contributed by atoms with Crippen LogP contribution in [0.25, 0.3) is 0 Å². The van der Waals surface area contributed by atoms with Gasteiger partial charge in [0, 0.05) is 22.9 Å². The fourth-order valence-corrected chi connectivity index (χ4v) is 3.98. The van der Waals surface area contributed by atoms with Gasteiger partial charge in [0.2, 0.25) is 0 Å². The minimum Gasteiger partial charge on any atom is -0.508 e. The van der Waals surface area contributed by atoms with Crippen LogP contribution in [-0.2, 0) is 17.6 Å². The van der Waals surface area contributed by atoms with Crippen molar-refractivity contribution in [2.24, 2.45) is 0 Å². The minimum atomic E-state index is -0.0193. The van der Waals surface area contributed by atoms with Gasteiger partial charge < -0.3 is 9.84 Å². The molecule has 5 heteroatoms. The van der Waals surface area contributed by atoms with Crippen molar-refractivity contribution in [2.75, 3.05) is 6.61 Å². The standard InChI is InChI=1S/C26H26Cl2O3/c1-17(2)22-12-19(9-11-26(22)30)13-23-24(27)14-21(15-25(23)28)31-16-20(29)10-8-18-6-4-3-5-7-18/h3-7,9,11-12,14-15,17,30H,8,10,13,16H2,1-2H3. The van der Waals surface area contributed by atoms with E-state index in [0.29, 0.717) is 35.1 Å². The number of aryl methyl sites for hydroxylation is 1. The Labute approximate surface area is 193 Å². The molecule has 3 aromatic carbocycles. The molecule has 1 N–H and O–H groups in total. The number of phenolic OH excluding ortho intramolecular Hbond substituents is 1. The fourth-order valence-electron chi connectivity index (χ4n) is 3.38. The topological polar surface area (TPSA) is 46.5 Å². The largest absolute Gasteiger partial charge is 0.508 e. The summed E-state index contributed by atoms with van der Waals surface area (Å²) in [4.78, 5) is 12.2. The van der Waals surface area contributed by atoms with Gasteiger partial charge in [0.15, 0.2) is 5.78 Å². The molecule has 0 bridgehead atoms. The van der Waals surface area contributed by atoms with Gasteiger partial charge in [-0.05, 0) is 52.8 Å². The summed E-state index contributed by atoms with van der Waals surface area (Å²) >= 11 is 13.0. The molecule has 0 heterocycles. The number of halogens is 2. The normalized spacial score (nSPS) is 11.0. The molecule has 3 rings (SSSR count). The van der Waals surface area contributed by atoms with E-state index in [1.807, 2.05) is 56.3 Å². The first kappa shape index (κ1) is 23.2. The van der Waals surface area contributed by atoms with Crippen LogP contribution in [0.2, 0.25) is 10.0 Å². The number of aromatic hydroxyl groups is 1. The Morgan fingerprint density at radius 3 is 2.29 bits per heavy atom. The number of ether oxygens (including phenoxy) is 1. The molecule has 0 saturated carbocycles. The number of phenols is 1. The Hall–Kier alpha value is -2.49. The molecule has 0 unspecified atom stereocenters. The van der Waals surface area contributed by atoms with Crippen molar-refractivity contribution in [2.45, 2.75) is 39.0 Å². The molecule has 0 spiro atoms. The molecule has 0 fully saturated rings. The van der Waals surface area contributed by atoms with Crippen LogP contribution >= 0.6 is 23.2 Å². The third-order valence-corrected chi connectivity index (χ3v) is 5.82. The van der Waals surface area contributed by atoms with Crippen LogP contribution in [0.15, 0.2) is 60.7 Å². The SMILES string of the molecule is CC(C)c1cc(Cc2c(Cl)cc(OCC(=O)CCc3ccccc3)cc2Cl)ccc1O. The first-order valence-corrected chi connectivity index (χ1v) is 11.1. The summed E-state index contributed by atoms with van der Waals surface area (Å²) in [6.45, 7) is 4.05. The predicted molar refractivity (Wildman–Crippen MR) is 127 cm³/mol. The second-order valence-electron chi connectivity index (χ2n) is 7.90. The number of carbonyl (C=O) groups is 1. The highest BCUT2D eigenvalue weighted by atomic mass is 35.5. The molecule has 162 valence electrons. The van der Waals surface area contributed by atoms with E-state index in [0.717, 1.165) is 22.3 Å². The van der Waals surface area contributed by atoms with E-state index < -0.39 is 0 Å². The van der Waals surface area contributed by atoms with Crippen molar-refractivity contribution in [3.05, 3.63) is 93.0 Å². The Bertz CT molecular complexity index is 1020. The third kappa shape index (κ3) is 6.49. The van der Waals surface area contributed by atoms with Crippen molar-refractivity contribution in [3.8, 4) is 11.5 Å². The van der Waals surface area contributed by atoms with Gasteiger partial charge in [-0.2, -0.15) is 0 Å². The summed E-state index contributed by atoms with van der Waals surface area (Å²) in [6.07, 6.45) is 1.64. The zero-order chi connectivity index (χ0) is 22.4. The van der Waals surface area contributed by atoms with Crippen molar-refractivity contribution < 1.29 is 14.6 Å². The molecule has 0 atom stereocenters. The van der Waals surface area contributed by atoms with Gasteiger partial charge in [-0.3, -0.25) is 4.79 Å². The van der Waals surface area contributed by atoms with Gasteiger partial charge in [0.05, 0.1) is 0 Å². The lowest BCUT2D eigenvalue weighted by Gasteiger charge is -2.14. The quantitative estimate of drug-likeness (QED) is 0.377. The number of rotatable bonds is 9. The predicted octanol–water partition coefficient (Wildman–Crippen LogP) is 6.99. The first-order valence-electron chi connectivity index (χ1n) is 10.3. The van der Waals surface area contributed by atoms with Crippen LogP contribution in [0.1, 0.15) is 48.4 Å². The summed E-state index contributed by atoms with van der Waals surface area (Å²) in [5.41, 5.74) is 3.81.